The second-order valence-electron chi connectivity index (χ2n) is 6.31. The Morgan fingerprint density at radius 2 is 2.09 bits per heavy atom. The van der Waals surface area contributed by atoms with Crippen molar-refractivity contribution in [2.24, 2.45) is 17.8 Å². The van der Waals surface area contributed by atoms with Crippen LogP contribution >= 0.6 is 0 Å². The molecule has 0 heterocycles. The highest BCUT2D eigenvalue weighted by atomic mass is 19.1. The maximum atomic E-state index is 13.0. The van der Waals surface area contributed by atoms with E-state index in [1.807, 2.05) is 0 Å². The number of fused-ring (bicyclic) bond motifs is 1. The molecule has 5 heteroatoms. The summed E-state index contributed by atoms with van der Waals surface area (Å²) in [6.07, 6.45) is 3.99. The number of aliphatic hydroxyl groups is 1. The fourth-order valence-corrected chi connectivity index (χ4v) is 3.53. The summed E-state index contributed by atoms with van der Waals surface area (Å²) in [5, 5.41) is 12.7. The Morgan fingerprint density at radius 1 is 1.36 bits per heavy atom. The van der Waals surface area contributed by atoms with Crippen LogP contribution in [0.5, 0.6) is 5.75 Å². The third kappa shape index (κ3) is 3.58. The van der Waals surface area contributed by atoms with E-state index in [-0.39, 0.29) is 30.8 Å². The molecule has 1 amide bonds. The number of aliphatic hydroxyl groups excluding tert-OH is 1. The summed E-state index contributed by atoms with van der Waals surface area (Å²) in [5.74, 6) is 1.33. The number of nitrogens with one attached hydrogen (secondary N) is 1. The molecular weight excluding hydrogens is 285 g/mol. The largest absolute Gasteiger partial charge is 0.491 e. The molecule has 22 heavy (non-hydrogen) atoms. The molecule has 1 aromatic rings. The molecule has 0 saturated heterocycles. The van der Waals surface area contributed by atoms with E-state index < -0.39 is 6.10 Å². The van der Waals surface area contributed by atoms with Crippen molar-refractivity contribution >= 4 is 5.91 Å². The van der Waals surface area contributed by atoms with E-state index in [2.05, 4.69) is 5.32 Å². The second-order valence-corrected chi connectivity index (χ2v) is 6.31. The average Bonchev–Trinajstić information content (AvgIpc) is 3.25. The van der Waals surface area contributed by atoms with Crippen LogP contribution in [0.15, 0.2) is 24.3 Å². The first kappa shape index (κ1) is 15.3. The number of carbonyl (C=O) groups is 1. The molecule has 4 nitrogen and oxygen atoms in total. The molecule has 0 aromatic heterocycles. The average molecular weight is 307 g/mol. The summed E-state index contributed by atoms with van der Waals surface area (Å²) < 4.78 is 18.3. The van der Waals surface area contributed by atoms with E-state index in [4.69, 9.17) is 4.74 Å². The molecule has 0 bridgehead atoms. The fourth-order valence-electron chi connectivity index (χ4n) is 3.53. The summed E-state index contributed by atoms with van der Waals surface area (Å²) in [5.41, 5.74) is 0. The topological polar surface area (TPSA) is 58.6 Å². The van der Waals surface area contributed by atoms with Gasteiger partial charge in [-0.1, -0.05) is 18.9 Å². The predicted octanol–water partition coefficient (Wildman–Crippen LogP) is 2.12. The van der Waals surface area contributed by atoms with Gasteiger partial charge in [-0.05, 0) is 36.8 Å². The monoisotopic (exact) mass is 307 g/mol. The minimum atomic E-state index is -0.798. The zero-order chi connectivity index (χ0) is 15.5. The molecule has 2 aliphatic carbocycles. The van der Waals surface area contributed by atoms with Gasteiger partial charge in [0.1, 0.15) is 24.3 Å². The van der Waals surface area contributed by atoms with Crippen molar-refractivity contribution in [2.75, 3.05) is 13.2 Å². The van der Waals surface area contributed by atoms with Crippen LogP contribution in [0.25, 0.3) is 0 Å². The van der Waals surface area contributed by atoms with Gasteiger partial charge in [-0.2, -0.15) is 0 Å². The van der Waals surface area contributed by atoms with E-state index >= 15 is 0 Å². The predicted molar refractivity (Wildman–Crippen MR) is 79.8 cm³/mol. The van der Waals surface area contributed by atoms with Crippen LogP contribution in [-0.2, 0) is 4.79 Å². The SMILES string of the molecule is O=C(NC[C@@H](O)COc1cccc(F)c1)C1[C@H]2CCCC[C@@H]12. The smallest absolute Gasteiger partial charge is 0.223 e. The van der Waals surface area contributed by atoms with Crippen LogP contribution < -0.4 is 10.1 Å². The van der Waals surface area contributed by atoms with Crippen molar-refractivity contribution in [3.05, 3.63) is 30.1 Å². The molecule has 1 aromatic carbocycles. The molecular formula is C17H22FNO3. The van der Waals surface area contributed by atoms with Gasteiger partial charge in [0.05, 0.1) is 0 Å². The lowest BCUT2D eigenvalue weighted by molar-refractivity contribution is -0.123. The highest BCUT2D eigenvalue weighted by Crippen LogP contribution is 2.55. The van der Waals surface area contributed by atoms with E-state index in [0.717, 1.165) is 12.8 Å². The van der Waals surface area contributed by atoms with Crippen molar-refractivity contribution < 1.29 is 19.0 Å². The summed E-state index contributed by atoms with van der Waals surface area (Å²) in [7, 11) is 0. The Hall–Kier alpha value is -1.62. The highest BCUT2D eigenvalue weighted by molar-refractivity contribution is 5.82. The number of ether oxygens (including phenoxy) is 1. The number of rotatable bonds is 6. The molecule has 3 rings (SSSR count). The zero-order valence-electron chi connectivity index (χ0n) is 12.5. The van der Waals surface area contributed by atoms with Crippen LogP contribution in [0.1, 0.15) is 25.7 Å². The van der Waals surface area contributed by atoms with Crippen LogP contribution in [0.2, 0.25) is 0 Å². The quantitative estimate of drug-likeness (QED) is 0.846. The standard InChI is InChI=1S/C17H22FNO3/c18-11-4-3-5-13(8-11)22-10-12(20)9-19-17(21)16-14-6-1-2-7-15(14)16/h3-5,8,12,14-16,20H,1-2,6-7,9-10H2,(H,19,21)/t12-,14-,15+,16?/m1/s1. The molecule has 2 N–H and O–H groups in total. The van der Waals surface area contributed by atoms with Crippen LogP contribution in [0.4, 0.5) is 4.39 Å². The molecule has 2 fully saturated rings. The van der Waals surface area contributed by atoms with E-state index in [0.29, 0.717) is 17.6 Å². The summed E-state index contributed by atoms with van der Waals surface area (Å²) in [6.45, 7) is 0.200. The van der Waals surface area contributed by atoms with Crippen molar-refractivity contribution in [1.82, 2.24) is 5.32 Å². The lowest BCUT2D eigenvalue weighted by Gasteiger charge is -2.13. The van der Waals surface area contributed by atoms with Gasteiger partial charge >= 0.3 is 0 Å². The minimum Gasteiger partial charge on any atom is -0.491 e. The molecule has 2 saturated carbocycles. The molecule has 0 aliphatic heterocycles. The Morgan fingerprint density at radius 3 is 2.77 bits per heavy atom. The summed E-state index contributed by atoms with van der Waals surface area (Å²) in [6, 6.07) is 5.77. The highest BCUT2D eigenvalue weighted by Gasteiger charge is 2.54. The maximum absolute atomic E-state index is 13.0. The second kappa shape index (κ2) is 6.65. The van der Waals surface area contributed by atoms with Crippen molar-refractivity contribution in [1.29, 1.82) is 0 Å². The van der Waals surface area contributed by atoms with Gasteiger partial charge in [0.2, 0.25) is 5.91 Å². The Kier molecular flexibility index (Phi) is 4.62. The van der Waals surface area contributed by atoms with Crippen molar-refractivity contribution in [3.63, 3.8) is 0 Å². The van der Waals surface area contributed by atoms with Gasteiger partial charge in [0.25, 0.3) is 0 Å². The van der Waals surface area contributed by atoms with Gasteiger partial charge in [-0.25, -0.2) is 4.39 Å². The molecule has 0 spiro atoms. The maximum Gasteiger partial charge on any atom is 0.223 e. The van der Waals surface area contributed by atoms with Crippen LogP contribution in [-0.4, -0.2) is 30.3 Å². The van der Waals surface area contributed by atoms with Crippen molar-refractivity contribution in [2.45, 2.75) is 31.8 Å². The molecule has 1 unspecified atom stereocenters. The van der Waals surface area contributed by atoms with Crippen LogP contribution in [0, 0.1) is 23.6 Å². The van der Waals surface area contributed by atoms with Gasteiger partial charge < -0.3 is 15.2 Å². The number of hydrogen-bond donors (Lipinski definition) is 2. The van der Waals surface area contributed by atoms with Gasteiger partial charge in [0.15, 0.2) is 0 Å². The lowest BCUT2D eigenvalue weighted by Crippen LogP contribution is -2.36. The fraction of sp³-hybridized carbons (Fsp3) is 0.588. The van der Waals surface area contributed by atoms with Gasteiger partial charge in [0, 0.05) is 18.5 Å². The number of amides is 1. The molecule has 0 radical (unpaired) electrons. The Balaban J connectivity index is 1.37. The van der Waals surface area contributed by atoms with Gasteiger partial charge in [-0.15, -0.1) is 0 Å². The third-order valence-electron chi connectivity index (χ3n) is 4.71. The number of halogens is 1. The molecule has 4 atom stereocenters. The third-order valence-corrected chi connectivity index (χ3v) is 4.71. The van der Waals surface area contributed by atoms with Crippen LogP contribution in [0.3, 0.4) is 0 Å². The first-order valence-corrected chi connectivity index (χ1v) is 7.99. The molecule has 2 aliphatic rings. The molecule has 120 valence electrons. The lowest BCUT2D eigenvalue weighted by atomic mass is 10.0. The number of hydrogen-bond acceptors (Lipinski definition) is 3. The van der Waals surface area contributed by atoms with E-state index in [1.165, 1.54) is 25.0 Å². The Bertz CT molecular complexity index is 524. The zero-order valence-corrected chi connectivity index (χ0v) is 12.5. The summed E-state index contributed by atoms with van der Waals surface area (Å²) >= 11 is 0. The van der Waals surface area contributed by atoms with Gasteiger partial charge in [-0.3, -0.25) is 4.79 Å². The van der Waals surface area contributed by atoms with E-state index in [1.54, 1.807) is 12.1 Å². The Labute approximate surface area is 129 Å². The van der Waals surface area contributed by atoms with Crippen molar-refractivity contribution in [3.8, 4) is 5.75 Å². The number of benzene rings is 1. The van der Waals surface area contributed by atoms with E-state index in [9.17, 15) is 14.3 Å². The normalized spacial score (nSPS) is 27.6. The minimum absolute atomic E-state index is 0.0290. The number of carbonyl (C=O) groups excluding carboxylic acids is 1. The first-order chi connectivity index (χ1) is 10.6. The summed E-state index contributed by atoms with van der Waals surface area (Å²) in [4.78, 5) is 12.1. The first-order valence-electron chi connectivity index (χ1n) is 7.99.